The van der Waals surface area contributed by atoms with Crippen molar-refractivity contribution >= 4 is 22.7 Å². The Hall–Kier alpha value is -2.90. The molecule has 1 aliphatic rings. The van der Waals surface area contributed by atoms with Gasteiger partial charge in [-0.2, -0.15) is 0 Å². The number of nitrogens with zero attached hydrogens (tertiary/aromatic N) is 2. The van der Waals surface area contributed by atoms with Gasteiger partial charge in [0, 0.05) is 44.0 Å². The summed E-state index contributed by atoms with van der Waals surface area (Å²) in [7, 11) is 1.58. The van der Waals surface area contributed by atoms with Crippen LogP contribution in [0, 0.1) is 5.92 Å². The molecule has 0 bridgehead atoms. The third-order valence-electron chi connectivity index (χ3n) is 5.95. The third-order valence-corrected chi connectivity index (χ3v) is 5.95. The second-order valence-electron chi connectivity index (χ2n) is 8.15. The zero-order valence-electron chi connectivity index (χ0n) is 18.1. The molecule has 7 nitrogen and oxygen atoms in total. The van der Waals surface area contributed by atoms with Crippen LogP contribution in [0.2, 0.25) is 0 Å². The first kappa shape index (κ1) is 21.3. The quantitative estimate of drug-likeness (QED) is 0.426. The number of rotatable bonds is 8. The molecule has 2 atom stereocenters. The average Bonchev–Trinajstić information content (AvgIpc) is 3.26. The van der Waals surface area contributed by atoms with Gasteiger partial charge >= 0.3 is 5.97 Å². The number of nitrogens with one attached hydrogen (secondary N) is 2. The number of benzene rings is 1. The maximum atomic E-state index is 12.8. The first-order valence-corrected chi connectivity index (χ1v) is 10.8. The van der Waals surface area contributed by atoms with E-state index in [1.54, 1.807) is 13.3 Å². The van der Waals surface area contributed by atoms with E-state index >= 15 is 0 Å². The first-order valence-electron chi connectivity index (χ1n) is 10.8. The molecule has 2 aromatic heterocycles. The van der Waals surface area contributed by atoms with E-state index in [0.717, 1.165) is 42.8 Å². The monoisotopic (exact) mass is 422 g/mol. The van der Waals surface area contributed by atoms with E-state index in [0.29, 0.717) is 18.1 Å². The van der Waals surface area contributed by atoms with Gasteiger partial charge in [0.2, 0.25) is 0 Å². The smallest absolute Gasteiger partial charge is 0.341 e. The lowest BCUT2D eigenvalue weighted by molar-refractivity contribution is 0.0388. The summed E-state index contributed by atoms with van der Waals surface area (Å²) in [6.07, 6.45) is 4.53. The van der Waals surface area contributed by atoms with Crippen molar-refractivity contribution in [1.82, 2.24) is 14.9 Å². The van der Waals surface area contributed by atoms with Crippen molar-refractivity contribution in [2.24, 2.45) is 5.92 Å². The summed E-state index contributed by atoms with van der Waals surface area (Å²) in [4.78, 5) is 22.8. The predicted octanol–water partition coefficient (Wildman–Crippen LogP) is 3.69. The van der Waals surface area contributed by atoms with E-state index in [9.17, 15) is 4.79 Å². The van der Waals surface area contributed by atoms with Gasteiger partial charge in [-0.3, -0.25) is 4.90 Å². The number of aromatic amines is 1. The largest absolute Gasteiger partial charge is 0.460 e. The molecule has 0 radical (unpaired) electrons. The Balaban J connectivity index is 1.55. The van der Waals surface area contributed by atoms with E-state index in [1.807, 2.05) is 18.3 Å². The van der Waals surface area contributed by atoms with Crippen molar-refractivity contribution in [3.05, 3.63) is 59.9 Å². The summed E-state index contributed by atoms with van der Waals surface area (Å²) in [6, 6.07) is 12.7. The second-order valence-corrected chi connectivity index (χ2v) is 8.15. The fourth-order valence-electron chi connectivity index (χ4n) is 4.11. The van der Waals surface area contributed by atoms with Crippen LogP contribution in [-0.4, -0.2) is 60.3 Å². The molecule has 2 N–H and O–H groups in total. The molecule has 3 heterocycles. The van der Waals surface area contributed by atoms with Crippen LogP contribution in [0.25, 0.3) is 11.0 Å². The van der Waals surface area contributed by atoms with E-state index in [4.69, 9.17) is 9.47 Å². The van der Waals surface area contributed by atoms with Gasteiger partial charge in [0.05, 0.1) is 12.3 Å². The Kier molecular flexibility index (Phi) is 6.84. The molecule has 4 rings (SSSR count). The number of hydrogen-bond acceptors (Lipinski definition) is 6. The van der Waals surface area contributed by atoms with E-state index < -0.39 is 0 Å². The molecule has 0 aliphatic carbocycles. The minimum Gasteiger partial charge on any atom is -0.460 e. The third kappa shape index (κ3) is 5.06. The van der Waals surface area contributed by atoms with Crippen LogP contribution in [0.15, 0.2) is 48.8 Å². The number of methoxy groups -OCH3 is 1. The molecule has 0 saturated carbocycles. The molecular formula is C24H30N4O3. The number of pyridine rings is 1. The second kappa shape index (κ2) is 9.94. The number of piperidine rings is 1. The number of esters is 1. The summed E-state index contributed by atoms with van der Waals surface area (Å²) in [5.74, 6) is 0.0892. The SMILES string of the molecule is COCCOC(=O)c1cnc2[nH]ccc2c1N[C@H]1CN(Cc2ccccc2)CC[C@H]1C. The van der Waals surface area contributed by atoms with Crippen molar-refractivity contribution in [2.45, 2.75) is 25.9 Å². The van der Waals surface area contributed by atoms with E-state index in [1.165, 1.54) is 5.56 Å². The Bertz CT molecular complexity index is 1000. The lowest BCUT2D eigenvalue weighted by Crippen LogP contribution is -2.46. The van der Waals surface area contributed by atoms with Crippen molar-refractivity contribution in [3.8, 4) is 0 Å². The van der Waals surface area contributed by atoms with E-state index in [2.05, 4.69) is 51.4 Å². The van der Waals surface area contributed by atoms with Gasteiger partial charge in [0.1, 0.15) is 17.8 Å². The number of fused-ring (bicyclic) bond motifs is 1. The molecule has 0 spiro atoms. The van der Waals surface area contributed by atoms with Crippen LogP contribution in [0.3, 0.4) is 0 Å². The van der Waals surface area contributed by atoms with Gasteiger partial charge in [-0.1, -0.05) is 37.3 Å². The number of carbonyl (C=O) groups is 1. The standard InChI is InChI=1S/C24H30N4O3/c1-17-9-11-28(15-18-6-4-3-5-7-18)16-21(17)27-22-19-8-10-25-23(19)26-14-20(22)24(29)31-13-12-30-2/h3-8,10,14,17,21H,9,11-13,15-16H2,1-2H3,(H2,25,26,27)/t17-,21+/m1/s1. The Morgan fingerprint density at radius 3 is 2.90 bits per heavy atom. The average molecular weight is 423 g/mol. The Labute approximate surface area is 182 Å². The summed E-state index contributed by atoms with van der Waals surface area (Å²) in [5, 5.41) is 4.58. The Morgan fingerprint density at radius 1 is 1.26 bits per heavy atom. The molecule has 0 amide bonds. The van der Waals surface area contributed by atoms with Crippen molar-refractivity contribution in [1.29, 1.82) is 0 Å². The van der Waals surface area contributed by atoms with Crippen molar-refractivity contribution in [3.63, 3.8) is 0 Å². The maximum Gasteiger partial charge on any atom is 0.341 e. The van der Waals surface area contributed by atoms with Crippen LogP contribution < -0.4 is 5.32 Å². The van der Waals surface area contributed by atoms with Crippen molar-refractivity contribution < 1.29 is 14.3 Å². The van der Waals surface area contributed by atoms with Crippen LogP contribution >= 0.6 is 0 Å². The lowest BCUT2D eigenvalue weighted by atomic mass is 9.92. The fraction of sp³-hybridized carbons (Fsp3) is 0.417. The highest BCUT2D eigenvalue weighted by Gasteiger charge is 2.28. The summed E-state index contributed by atoms with van der Waals surface area (Å²) >= 11 is 0. The topological polar surface area (TPSA) is 79.5 Å². The molecule has 0 unspecified atom stereocenters. The fourth-order valence-corrected chi connectivity index (χ4v) is 4.11. The molecule has 7 heteroatoms. The normalized spacial score (nSPS) is 19.4. The first-order chi connectivity index (χ1) is 15.2. The van der Waals surface area contributed by atoms with Gasteiger partial charge in [-0.25, -0.2) is 9.78 Å². The number of aromatic nitrogens is 2. The van der Waals surface area contributed by atoms with Gasteiger partial charge < -0.3 is 19.8 Å². The highest BCUT2D eigenvalue weighted by atomic mass is 16.6. The lowest BCUT2D eigenvalue weighted by Gasteiger charge is -2.38. The Morgan fingerprint density at radius 2 is 2.10 bits per heavy atom. The molecule has 31 heavy (non-hydrogen) atoms. The minimum atomic E-state index is -0.389. The summed E-state index contributed by atoms with van der Waals surface area (Å²) in [5.41, 5.74) is 3.30. The predicted molar refractivity (Wildman–Crippen MR) is 121 cm³/mol. The number of anilines is 1. The summed E-state index contributed by atoms with van der Waals surface area (Å²) < 4.78 is 10.4. The number of ether oxygens (including phenoxy) is 2. The van der Waals surface area contributed by atoms with Crippen LogP contribution in [-0.2, 0) is 16.0 Å². The summed E-state index contributed by atoms with van der Waals surface area (Å²) in [6.45, 7) is 5.74. The van der Waals surface area contributed by atoms with Crippen LogP contribution in [0.5, 0.6) is 0 Å². The molecule has 1 aromatic carbocycles. The molecule has 1 fully saturated rings. The number of H-pyrrole nitrogens is 1. The van der Waals surface area contributed by atoms with Crippen LogP contribution in [0.4, 0.5) is 5.69 Å². The molecule has 164 valence electrons. The van der Waals surface area contributed by atoms with Gasteiger partial charge in [-0.15, -0.1) is 0 Å². The number of carbonyl (C=O) groups excluding carboxylic acids is 1. The van der Waals surface area contributed by atoms with Gasteiger partial charge in [0.25, 0.3) is 0 Å². The van der Waals surface area contributed by atoms with Crippen LogP contribution in [0.1, 0.15) is 29.3 Å². The molecule has 1 saturated heterocycles. The number of hydrogen-bond donors (Lipinski definition) is 2. The van der Waals surface area contributed by atoms with E-state index in [-0.39, 0.29) is 18.6 Å². The zero-order chi connectivity index (χ0) is 21.6. The number of likely N-dealkylation sites (tertiary alicyclic amines) is 1. The highest BCUT2D eigenvalue weighted by Crippen LogP contribution is 2.30. The van der Waals surface area contributed by atoms with Crippen molar-refractivity contribution in [2.75, 3.05) is 38.7 Å². The highest BCUT2D eigenvalue weighted by molar-refractivity contribution is 6.04. The molecule has 1 aliphatic heterocycles. The van der Waals surface area contributed by atoms with Gasteiger partial charge in [-0.05, 0) is 30.5 Å². The zero-order valence-corrected chi connectivity index (χ0v) is 18.1. The minimum absolute atomic E-state index is 0.212. The molecular weight excluding hydrogens is 392 g/mol. The molecule has 3 aromatic rings. The van der Waals surface area contributed by atoms with Gasteiger partial charge in [0.15, 0.2) is 0 Å². The maximum absolute atomic E-state index is 12.8.